The van der Waals surface area contributed by atoms with Gasteiger partial charge in [0.25, 0.3) is 0 Å². The number of hydrogen-bond donors (Lipinski definition) is 1. The van der Waals surface area contributed by atoms with Gasteiger partial charge in [0.15, 0.2) is 0 Å². The van der Waals surface area contributed by atoms with Gasteiger partial charge in [0, 0.05) is 18.2 Å². The third-order valence-corrected chi connectivity index (χ3v) is 4.76. The largest absolute Gasteiger partial charge is 0.465 e. The molecule has 136 valence electrons. The van der Waals surface area contributed by atoms with Crippen molar-refractivity contribution < 1.29 is 14.3 Å². The van der Waals surface area contributed by atoms with Gasteiger partial charge in [-0.25, -0.2) is 4.79 Å². The zero-order valence-corrected chi connectivity index (χ0v) is 15.0. The fraction of sp³-hybridized carbons (Fsp3) is 0.333. The Morgan fingerprint density at radius 3 is 2.50 bits per heavy atom. The summed E-state index contributed by atoms with van der Waals surface area (Å²) in [7, 11) is 1.34. The van der Waals surface area contributed by atoms with Gasteiger partial charge in [0.05, 0.1) is 12.7 Å². The zero-order valence-electron chi connectivity index (χ0n) is 15.0. The average molecular weight is 352 g/mol. The first-order valence-corrected chi connectivity index (χ1v) is 8.91. The van der Waals surface area contributed by atoms with Gasteiger partial charge in [-0.3, -0.25) is 9.69 Å². The van der Waals surface area contributed by atoms with Gasteiger partial charge in [-0.15, -0.1) is 0 Å². The third-order valence-electron chi connectivity index (χ3n) is 4.76. The molecule has 5 heteroatoms. The second-order valence-electron chi connectivity index (χ2n) is 6.60. The SMILES string of the molecule is COC(=O)c1cccc(NC(=O)C2CCN(Cc3ccccc3)CC2)c1. The van der Waals surface area contributed by atoms with Gasteiger partial charge in [-0.05, 0) is 49.7 Å². The molecule has 1 heterocycles. The number of anilines is 1. The van der Waals surface area contributed by atoms with Crippen molar-refractivity contribution in [2.24, 2.45) is 5.92 Å². The fourth-order valence-electron chi connectivity index (χ4n) is 3.28. The summed E-state index contributed by atoms with van der Waals surface area (Å²) >= 11 is 0. The standard InChI is InChI=1S/C21H24N2O3/c1-26-21(25)18-8-5-9-19(14-18)22-20(24)17-10-12-23(13-11-17)15-16-6-3-2-4-7-16/h2-9,14,17H,10-13,15H2,1H3,(H,22,24). The quantitative estimate of drug-likeness (QED) is 0.839. The lowest BCUT2D eigenvalue weighted by Crippen LogP contribution is -2.37. The maximum absolute atomic E-state index is 12.5. The monoisotopic (exact) mass is 352 g/mol. The minimum Gasteiger partial charge on any atom is -0.465 e. The summed E-state index contributed by atoms with van der Waals surface area (Å²) in [5.74, 6) is -0.384. The van der Waals surface area contributed by atoms with E-state index in [0.717, 1.165) is 32.5 Å². The van der Waals surface area contributed by atoms with E-state index in [0.29, 0.717) is 11.3 Å². The number of carbonyl (C=O) groups excluding carboxylic acids is 2. The molecular formula is C21H24N2O3. The number of carbonyl (C=O) groups is 2. The van der Waals surface area contributed by atoms with Crippen LogP contribution in [0.15, 0.2) is 54.6 Å². The maximum Gasteiger partial charge on any atom is 0.337 e. The first-order valence-electron chi connectivity index (χ1n) is 8.91. The molecule has 0 atom stereocenters. The summed E-state index contributed by atoms with van der Waals surface area (Å²) in [4.78, 5) is 26.5. The highest BCUT2D eigenvalue weighted by atomic mass is 16.5. The van der Waals surface area contributed by atoms with Crippen LogP contribution in [0.5, 0.6) is 0 Å². The molecular weight excluding hydrogens is 328 g/mol. The van der Waals surface area contributed by atoms with Crippen LogP contribution in [-0.4, -0.2) is 37.0 Å². The molecule has 1 amide bonds. The highest BCUT2D eigenvalue weighted by molar-refractivity contribution is 5.95. The highest BCUT2D eigenvalue weighted by Gasteiger charge is 2.25. The van der Waals surface area contributed by atoms with Crippen LogP contribution in [0.4, 0.5) is 5.69 Å². The Balaban J connectivity index is 1.51. The van der Waals surface area contributed by atoms with Gasteiger partial charge in [-0.2, -0.15) is 0 Å². The van der Waals surface area contributed by atoms with Crippen LogP contribution in [0.2, 0.25) is 0 Å². The number of esters is 1. The molecule has 1 saturated heterocycles. The number of nitrogens with zero attached hydrogens (tertiary/aromatic N) is 1. The van der Waals surface area contributed by atoms with Gasteiger partial charge >= 0.3 is 5.97 Å². The number of ether oxygens (including phenoxy) is 1. The minimum atomic E-state index is -0.407. The Morgan fingerprint density at radius 2 is 1.81 bits per heavy atom. The van der Waals surface area contributed by atoms with Crippen molar-refractivity contribution in [1.82, 2.24) is 4.90 Å². The molecule has 3 rings (SSSR count). The first-order chi connectivity index (χ1) is 12.7. The van der Waals surface area contributed by atoms with Crippen molar-refractivity contribution >= 4 is 17.6 Å². The van der Waals surface area contributed by atoms with Crippen LogP contribution in [0.25, 0.3) is 0 Å². The fourth-order valence-corrected chi connectivity index (χ4v) is 3.28. The van der Waals surface area contributed by atoms with Gasteiger partial charge in [0.2, 0.25) is 5.91 Å². The average Bonchev–Trinajstić information content (AvgIpc) is 2.69. The van der Waals surface area contributed by atoms with Gasteiger partial charge in [0.1, 0.15) is 0 Å². The molecule has 1 aliphatic rings. The molecule has 0 bridgehead atoms. The third kappa shape index (κ3) is 4.70. The molecule has 5 nitrogen and oxygen atoms in total. The lowest BCUT2D eigenvalue weighted by atomic mass is 9.95. The number of rotatable bonds is 5. The molecule has 26 heavy (non-hydrogen) atoms. The van der Waals surface area contributed by atoms with Crippen molar-refractivity contribution in [2.45, 2.75) is 19.4 Å². The van der Waals surface area contributed by atoms with E-state index in [1.165, 1.54) is 12.7 Å². The number of nitrogens with one attached hydrogen (secondary N) is 1. The number of hydrogen-bond acceptors (Lipinski definition) is 4. The molecule has 1 N–H and O–H groups in total. The molecule has 1 fully saturated rings. The van der Waals surface area contributed by atoms with Gasteiger partial charge < -0.3 is 10.1 Å². The van der Waals surface area contributed by atoms with Crippen molar-refractivity contribution in [3.63, 3.8) is 0 Å². The molecule has 0 unspecified atom stereocenters. The predicted molar refractivity (Wildman–Crippen MR) is 101 cm³/mol. The van der Waals surface area contributed by atoms with E-state index < -0.39 is 5.97 Å². The van der Waals surface area contributed by atoms with Crippen LogP contribution in [0, 0.1) is 5.92 Å². The number of likely N-dealkylation sites (tertiary alicyclic amines) is 1. The second kappa shape index (κ2) is 8.63. The van der Waals surface area contributed by atoms with Crippen LogP contribution in [-0.2, 0) is 16.1 Å². The van der Waals surface area contributed by atoms with Crippen molar-refractivity contribution in [3.8, 4) is 0 Å². The Kier molecular flexibility index (Phi) is 6.02. The van der Waals surface area contributed by atoms with Crippen molar-refractivity contribution in [2.75, 3.05) is 25.5 Å². The number of methoxy groups -OCH3 is 1. The molecule has 2 aromatic rings. The Morgan fingerprint density at radius 1 is 1.08 bits per heavy atom. The van der Waals surface area contributed by atoms with Crippen molar-refractivity contribution in [1.29, 1.82) is 0 Å². The van der Waals surface area contributed by atoms with Crippen molar-refractivity contribution in [3.05, 3.63) is 65.7 Å². The van der Waals surface area contributed by atoms with E-state index in [1.54, 1.807) is 24.3 Å². The lowest BCUT2D eigenvalue weighted by Gasteiger charge is -2.31. The van der Waals surface area contributed by atoms with Crippen LogP contribution in [0.3, 0.4) is 0 Å². The lowest BCUT2D eigenvalue weighted by molar-refractivity contribution is -0.121. The minimum absolute atomic E-state index is 0.00352. The summed E-state index contributed by atoms with van der Waals surface area (Å²) in [5, 5.41) is 2.93. The molecule has 0 spiro atoms. The van der Waals surface area contributed by atoms with Crippen LogP contribution in [0.1, 0.15) is 28.8 Å². The molecule has 2 aromatic carbocycles. The smallest absolute Gasteiger partial charge is 0.337 e. The molecule has 0 aliphatic carbocycles. The Bertz CT molecular complexity index is 753. The van der Waals surface area contributed by atoms with Crippen LogP contribution < -0.4 is 5.32 Å². The Hall–Kier alpha value is -2.66. The summed E-state index contributed by atoms with van der Waals surface area (Å²) in [6, 6.07) is 17.2. The highest BCUT2D eigenvalue weighted by Crippen LogP contribution is 2.21. The number of piperidine rings is 1. The molecule has 0 saturated carbocycles. The summed E-state index contributed by atoms with van der Waals surface area (Å²) < 4.78 is 4.72. The number of amides is 1. The zero-order chi connectivity index (χ0) is 18.4. The number of benzene rings is 2. The van der Waals surface area contributed by atoms with E-state index in [-0.39, 0.29) is 11.8 Å². The van der Waals surface area contributed by atoms with Gasteiger partial charge in [-0.1, -0.05) is 36.4 Å². The predicted octanol–water partition coefficient (Wildman–Crippen LogP) is 3.32. The maximum atomic E-state index is 12.5. The topological polar surface area (TPSA) is 58.6 Å². The molecule has 0 radical (unpaired) electrons. The van der Waals surface area contributed by atoms with E-state index in [4.69, 9.17) is 4.74 Å². The molecule has 0 aromatic heterocycles. The second-order valence-corrected chi connectivity index (χ2v) is 6.60. The van der Waals surface area contributed by atoms with Crippen LogP contribution >= 0.6 is 0 Å². The summed E-state index contributed by atoms with van der Waals surface area (Å²) in [6.07, 6.45) is 1.69. The van der Waals surface area contributed by atoms with E-state index in [1.807, 2.05) is 6.07 Å². The molecule has 1 aliphatic heterocycles. The first kappa shape index (κ1) is 18.1. The summed E-state index contributed by atoms with van der Waals surface area (Å²) in [5.41, 5.74) is 2.36. The van der Waals surface area contributed by atoms with E-state index in [2.05, 4.69) is 34.5 Å². The summed E-state index contributed by atoms with van der Waals surface area (Å²) in [6.45, 7) is 2.75. The van der Waals surface area contributed by atoms with E-state index in [9.17, 15) is 9.59 Å². The normalized spacial score (nSPS) is 15.4. The van der Waals surface area contributed by atoms with E-state index >= 15 is 0 Å². The Labute approximate surface area is 154 Å².